The minimum absolute atomic E-state index is 0. The normalized spacial score (nSPS) is 18.6. The quantitative estimate of drug-likeness (QED) is 0.394. The first kappa shape index (κ1) is 9.00. The number of nitrogens with two attached hydrogens (primary N) is 1. The monoisotopic (exact) mass is 241 g/mol. The van der Waals surface area contributed by atoms with Crippen molar-refractivity contribution in [1.29, 1.82) is 0 Å². The van der Waals surface area contributed by atoms with Gasteiger partial charge in [-0.2, -0.15) is 0 Å². The van der Waals surface area contributed by atoms with Gasteiger partial charge in [0.1, 0.15) is 0 Å². The van der Waals surface area contributed by atoms with Crippen LogP contribution in [0, 0.1) is 0 Å². The Kier molecular flexibility index (Phi) is 3.92. The minimum Gasteiger partial charge on any atom is -0.370 e. The van der Waals surface area contributed by atoms with Gasteiger partial charge in [-0.3, -0.25) is 4.99 Å². The van der Waals surface area contributed by atoms with Crippen LogP contribution in [-0.4, -0.2) is 19.0 Å². The minimum atomic E-state index is 0. The summed E-state index contributed by atoms with van der Waals surface area (Å²) in [7, 11) is 1.69. The molecule has 4 heteroatoms. The highest BCUT2D eigenvalue weighted by molar-refractivity contribution is 14.0. The molecule has 1 fully saturated rings. The van der Waals surface area contributed by atoms with Crippen molar-refractivity contribution >= 4 is 29.9 Å². The van der Waals surface area contributed by atoms with Crippen LogP contribution in [-0.2, 0) is 0 Å². The summed E-state index contributed by atoms with van der Waals surface area (Å²) in [5.74, 6) is 0.563. The predicted octanol–water partition coefficient (Wildman–Crippen LogP) is 0.301. The fraction of sp³-hybridized carbons (Fsp3) is 0.800. The highest BCUT2D eigenvalue weighted by Gasteiger charge is 2.20. The Bertz CT molecular complexity index is 109. The lowest BCUT2D eigenvalue weighted by Gasteiger charge is -1.98. The fourth-order valence-corrected chi connectivity index (χ4v) is 0.501. The molecular formula is C5H12IN3. The molecule has 0 heterocycles. The molecule has 9 heavy (non-hydrogen) atoms. The molecule has 1 rings (SSSR count). The molecule has 0 spiro atoms. The van der Waals surface area contributed by atoms with Crippen molar-refractivity contribution < 1.29 is 0 Å². The number of rotatable bonds is 1. The SMILES string of the molecule is CN=C(N)NC1CC1.I. The molecular weight excluding hydrogens is 229 g/mol. The molecule has 54 valence electrons. The largest absolute Gasteiger partial charge is 0.370 e. The van der Waals surface area contributed by atoms with Crippen LogP contribution in [0.4, 0.5) is 0 Å². The third-order valence-corrected chi connectivity index (χ3v) is 1.17. The molecule has 3 nitrogen and oxygen atoms in total. The van der Waals surface area contributed by atoms with Gasteiger partial charge >= 0.3 is 0 Å². The van der Waals surface area contributed by atoms with Gasteiger partial charge in [0, 0.05) is 13.1 Å². The van der Waals surface area contributed by atoms with E-state index in [0.29, 0.717) is 12.0 Å². The van der Waals surface area contributed by atoms with Gasteiger partial charge in [-0.05, 0) is 12.8 Å². The van der Waals surface area contributed by atoms with Crippen LogP contribution in [0.1, 0.15) is 12.8 Å². The van der Waals surface area contributed by atoms with E-state index in [9.17, 15) is 0 Å². The second-order valence-corrected chi connectivity index (χ2v) is 2.03. The number of nitrogens with one attached hydrogen (secondary N) is 1. The maximum absolute atomic E-state index is 5.35. The average Bonchev–Trinajstić information content (AvgIpc) is 2.50. The summed E-state index contributed by atoms with van der Waals surface area (Å²) in [5.41, 5.74) is 5.35. The first-order valence-corrected chi connectivity index (χ1v) is 2.81. The number of guanidine groups is 1. The van der Waals surface area contributed by atoms with E-state index < -0.39 is 0 Å². The van der Waals surface area contributed by atoms with Crippen molar-refractivity contribution in [3.8, 4) is 0 Å². The van der Waals surface area contributed by atoms with Crippen LogP contribution < -0.4 is 11.1 Å². The first-order chi connectivity index (χ1) is 3.83. The van der Waals surface area contributed by atoms with Crippen LogP contribution in [0.5, 0.6) is 0 Å². The summed E-state index contributed by atoms with van der Waals surface area (Å²) in [6, 6.07) is 0.624. The van der Waals surface area contributed by atoms with E-state index in [4.69, 9.17) is 5.73 Å². The van der Waals surface area contributed by atoms with Crippen molar-refractivity contribution in [3.63, 3.8) is 0 Å². The zero-order valence-electron chi connectivity index (χ0n) is 5.42. The fourth-order valence-electron chi connectivity index (χ4n) is 0.501. The molecule has 3 N–H and O–H groups in total. The van der Waals surface area contributed by atoms with E-state index in [-0.39, 0.29) is 24.0 Å². The number of hydrogen-bond donors (Lipinski definition) is 2. The van der Waals surface area contributed by atoms with Crippen LogP contribution in [0.3, 0.4) is 0 Å². The Hall–Kier alpha value is 0. The predicted molar refractivity (Wildman–Crippen MR) is 49.1 cm³/mol. The average molecular weight is 241 g/mol. The lowest BCUT2D eigenvalue weighted by atomic mass is 10.7. The summed E-state index contributed by atoms with van der Waals surface area (Å²) in [6.45, 7) is 0. The maximum atomic E-state index is 5.35. The van der Waals surface area contributed by atoms with Gasteiger partial charge in [-0.15, -0.1) is 24.0 Å². The highest BCUT2D eigenvalue weighted by atomic mass is 127. The van der Waals surface area contributed by atoms with Gasteiger partial charge in [-0.25, -0.2) is 0 Å². The van der Waals surface area contributed by atoms with Crippen LogP contribution in [0.25, 0.3) is 0 Å². The summed E-state index contributed by atoms with van der Waals surface area (Å²) >= 11 is 0. The Balaban J connectivity index is 0.000000640. The Morgan fingerprint density at radius 3 is 2.56 bits per heavy atom. The van der Waals surface area contributed by atoms with E-state index in [0.717, 1.165) is 0 Å². The molecule has 0 aromatic carbocycles. The molecule has 0 radical (unpaired) electrons. The standard InChI is InChI=1S/C5H11N3.HI/c1-7-5(6)8-4-2-3-4;/h4H,2-3H2,1H3,(H3,6,7,8);1H. The molecule has 0 saturated heterocycles. The van der Waals surface area contributed by atoms with E-state index in [2.05, 4.69) is 10.3 Å². The molecule has 0 aliphatic heterocycles. The van der Waals surface area contributed by atoms with Crippen LogP contribution in [0.2, 0.25) is 0 Å². The molecule has 0 unspecified atom stereocenters. The third-order valence-electron chi connectivity index (χ3n) is 1.17. The summed E-state index contributed by atoms with van der Waals surface area (Å²) in [5, 5.41) is 3.03. The second-order valence-electron chi connectivity index (χ2n) is 2.03. The molecule has 1 aliphatic carbocycles. The van der Waals surface area contributed by atoms with Crippen molar-refractivity contribution in [2.45, 2.75) is 18.9 Å². The van der Waals surface area contributed by atoms with Crippen molar-refractivity contribution in [1.82, 2.24) is 5.32 Å². The topological polar surface area (TPSA) is 50.4 Å². The molecule has 1 saturated carbocycles. The zero-order valence-corrected chi connectivity index (χ0v) is 7.75. The molecule has 0 atom stereocenters. The summed E-state index contributed by atoms with van der Waals surface area (Å²) in [6.07, 6.45) is 2.49. The first-order valence-electron chi connectivity index (χ1n) is 2.81. The Morgan fingerprint density at radius 2 is 2.22 bits per heavy atom. The molecule has 0 bridgehead atoms. The van der Waals surface area contributed by atoms with Gasteiger partial charge in [0.25, 0.3) is 0 Å². The van der Waals surface area contributed by atoms with E-state index in [1.165, 1.54) is 12.8 Å². The summed E-state index contributed by atoms with van der Waals surface area (Å²) in [4.78, 5) is 3.75. The van der Waals surface area contributed by atoms with Gasteiger partial charge < -0.3 is 11.1 Å². The smallest absolute Gasteiger partial charge is 0.188 e. The van der Waals surface area contributed by atoms with E-state index in [1.807, 2.05) is 0 Å². The van der Waals surface area contributed by atoms with E-state index in [1.54, 1.807) is 7.05 Å². The van der Waals surface area contributed by atoms with Gasteiger partial charge in [0.2, 0.25) is 0 Å². The second kappa shape index (κ2) is 3.92. The third kappa shape index (κ3) is 3.56. The molecule has 0 aromatic heterocycles. The summed E-state index contributed by atoms with van der Waals surface area (Å²) < 4.78 is 0. The lowest BCUT2D eigenvalue weighted by Crippen LogP contribution is -2.32. The number of halogens is 1. The van der Waals surface area contributed by atoms with Gasteiger partial charge in [0.05, 0.1) is 0 Å². The zero-order chi connectivity index (χ0) is 5.98. The van der Waals surface area contributed by atoms with Crippen LogP contribution >= 0.6 is 24.0 Å². The molecule has 0 aromatic rings. The lowest BCUT2D eigenvalue weighted by molar-refractivity contribution is 0.894. The number of hydrogen-bond acceptors (Lipinski definition) is 1. The number of nitrogens with zero attached hydrogens (tertiary/aromatic N) is 1. The van der Waals surface area contributed by atoms with Crippen molar-refractivity contribution in [3.05, 3.63) is 0 Å². The Labute approximate surface area is 72.1 Å². The Morgan fingerprint density at radius 1 is 1.67 bits per heavy atom. The van der Waals surface area contributed by atoms with Crippen LogP contribution in [0.15, 0.2) is 4.99 Å². The highest BCUT2D eigenvalue weighted by Crippen LogP contribution is 2.17. The molecule has 0 amide bonds. The van der Waals surface area contributed by atoms with Crippen molar-refractivity contribution in [2.75, 3.05) is 7.05 Å². The van der Waals surface area contributed by atoms with E-state index >= 15 is 0 Å². The maximum Gasteiger partial charge on any atom is 0.188 e. The van der Waals surface area contributed by atoms with Gasteiger partial charge in [-0.1, -0.05) is 0 Å². The number of aliphatic imine (C=N–C) groups is 1. The van der Waals surface area contributed by atoms with Gasteiger partial charge in [0.15, 0.2) is 5.96 Å². The van der Waals surface area contributed by atoms with Crippen molar-refractivity contribution in [2.24, 2.45) is 10.7 Å². The molecule has 1 aliphatic rings.